The summed E-state index contributed by atoms with van der Waals surface area (Å²) in [5, 5.41) is 6.33. The molecule has 1 heterocycles. The van der Waals surface area contributed by atoms with Gasteiger partial charge in [-0.05, 0) is 30.2 Å². The lowest BCUT2D eigenvalue weighted by Crippen LogP contribution is -2.43. The molecule has 2 atom stereocenters. The summed E-state index contributed by atoms with van der Waals surface area (Å²) in [4.78, 5) is 12.4. The Morgan fingerprint density at radius 3 is 2.28 bits per heavy atom. The van der Waals surface area contributed by atoms with E-state index in [1.54, 1.807) is 6.26 Å². The second-order valence-corrected chi connectivity index (χ2v) is 5.95. The molecule has 25 heavy (non-hydrogen) atoms. The van der Waals surface area contributed by atoms with Gasteiger partial charge >= 0.3 is 0 Å². The van der Waals surface area contributed by atoms with Crippen molar-refractivity contribution in [3.8, 4) is 0 Å². The van der Waals surface area contributed by atoms with E-state index in [-0.39, 0.29) is 18.0 Å². The van der Waals surface area contributed by atoms with Gasteiger partial charge in [0.1, 0.15) is 5.76 Å². The highest BCUT2D eigenvalue weighted by atomic mass is 16.3. The minimum atomic E-state index is -0.362. The summed E-state index contributed by atoms with van der Waals surface area (Å²) in [5.41, 5.74) is 2.13. The zero-order valence-corrected chi connectivity index (χ0v) is 14.2. The van der Waals surface area contributed by atoms with Crippen LogP contribution in [0.4, 0.5) is 0 Å². The first-order chi connectivity index (χ1) is 12.2. The van der Waals surface area contributed by atoms with Gasteiger partial charge in [0.2, 0.25) is 5.91 Å². The number of furan rings is 1. The molecule has 3 rings (SSSR count). The summed E-state index contributed by atoms with van der Waals surface area (Å²) in [7, 11) is 0. The third-order valence-electron chi connectivity index (χ3n) is 4.08. The largest absolute Gasteiger partial charge is 0.467 e. The average Bonchev–Trinajstić information content (AvgIpc) is 3.20. The lowest BCUT2D eigenvalue weighted by molar-refractivity contribution is -0.123. The highest BCUT2D eigenvalue weighted by Gasteiger charge is 2.22. The minimum absolute atomic E-state index is 0.0451. The lowest BCUT2D eigenvalue weighted by Gasteiger charge is -2.22. The lowest BCUT2D eigenvalue weighted by atomic mass is 10.0. The zero-order valence-electron chi connectivity index (χ0n) is 14.2. The zero-order chi connectivity index (χ0) is 17.5. The van der Waals surface area contributed by atoms with Crippen LogP contribution in [0.15, 0.2) is 83.5 Å². The van der Waals surface area contributed by atoms with Crippen molar-refractivity contribution >= 4 is 5.91 Å². The van der Waals surface area contributed by atoms with Crippen molar-refractivity contribution in [2.45, 2.75) is 25.6 Å². The van der Waals surface area contributed by atoms with Crippen molar-refractivity contribution in [3.63, 3.8) is 0 Å². The van der Waals surface area contributed by atoms with Crippen LogP contribution in [0.1, 0.15) is 29.9 Å². The maximum atomic E-state index is 12.4. The van der Waals surface area contributed by atoms with Crippen LogP contribution in [-0.4, -0.2) is 11.9 Å². The first kappa shape index (κ1) is 17.0. The fourth-order valence-electron chi connectivity index (χ4n) is 2.71. The molecule has 4 nitrogen and oxygen atoms in total. The number of benzene rings is 2. The van der Waals surface area contributed by atoms with Crippen molar-refractivity contribution in [1.82, 2.24) is 10.6 Å². The van der Waals surface area contributed by atoms with Gasteiger partial charge in [0, 0.05) is 6.54 Å². The summed E-state index contributed by atoms with van der Waals surface area (Å²) < 4.78 is 5.57. The third-order valence-corrected chi connectivity index (χ3v) is 4.08. The molecule has 0 radical (unpaired) electrons. The molecular formula is C21H22N2O2. The second-order valence-electron chi connectivity index (χ2n) is 5.95. The highest BCUT2D eigenvalue weighted by Crippen LogP contribution is 2.22. The maximum absolute atomic E-state index is 12.4. The van der Waals surface area contributed by atoms with Crippen molar-refractivity contribution < 1.29 is 9.21 Å². The normalized spacial score (nSPS) is 13.2. The Morgan fingerprint density at radius 2 is 1.64 bits per heavy atom. The minimum Gasteiger partial charge on any atom is -0.467 e. The van der Waals surface area contributed by atoms with Gasteiger partial charge in [0.15, 0.2) is 0 Å². The third kappa shape index (κ3) is 4.58. The fraction of sp³-hybridized carbons (Fsp3) is 0.190. The number of carbonyl (C=O) groups excluding carboxylic acids is 1. The first-order valence-electron chi connectivity index (χ1n) is 8.40. The molecule has 3 aromatic rings. The molecule has 2 aromatic carbocycles. The predicted octanol–water partition coefficient (Wildman–Crippen LogP) is 3.66. The molecule has 0 aliphatic carbocycles. The predicted molar refractivity (Wildman–Crippen MR) is 97.9 cm³/mol. The van der Waals surface area contributed by atoms with Crippen LogP contribution < -0.4 is 10.6 Å². The molecule has 0 bridgehead atoms. The van der Waals surface area contributed by atoms with Crippen LogP contribution in [0.5, 0.6) is 0 Å². The topological polar surface area (TPSA) is 54.3 Å². The molecule has 0 spiro atoms. The Labute approximate surface area is 147 Å². The molecule has 0 aliphatic rings. The van der Waals surface area contributed by atoms with Gasteiger partial charge in [-0.25, -0.2) is 0 Å². The SMILES string of the molecule is C[C@@H](N[C@@H](c1ccccc1)c1ccco1)C(=O)NCc1ccccc1. The van der Waals surface area contributed by atoms with Gasteiger partial charge in [-0.3, -0.25) is 10.1 Å². The Bertz CT molecular complexity index is 770. The number of hydrogen-bond donors (Lipinski definition) is 2. The molecule has 4 heteroatoms. The van der Waals surface area contributed by atoms with E-state index in [4.69, 9.17) is 4.42 Å². The first-order valence-corrected chi connectivity index (χ1v) is 8.40. The van der Waals surface area contributed by atoms with Crippen LogP contribution in [0.25, 0.3) is 0 Å². The Morgan fingerprint density at radius 1 is 0.960 bits per heavy atom. The van der Waals surface area contributed by atoms with Crippen molar-refractivity contribution in [1.29, 1.82) is 0 Å². The Hall–Kier alpha value is -2.85. The van der Waals surface area contributed by atoms with Crippen molar-refractivity contribution in [2.75, 3.05) is 0 Å². The highest BCUT2D eigenvalue weighted by molar-refractivity contribution is 5.81. The summed E-state index contributed by atoms with van der Waals surface area (Å²) in [6.45, 7) is 2.38. The van der Waals surface area contributed by atoms with Gasteiger partial charge in [0.25, 0.3) is 0 Å². The molecule has 0 aliphatic heterocycles. The molecule has 1 amide bonds. The van der Waals surface area contributed by atoms with Crippen LogP contribution in [0.3, 0.4) is 0 Å². The Balaban J connectivity index is 1.66. The van der Waals surface area contributed by atoms with E-state index in [1.165, 1.54) is 0 Å². The van der Waals surface area contributed by atoms with Crippen LogP contribution in [0.2, 0.25) is 0 Å². The summed E-state index contributed by atoms with van der Waals surface area (Å²) in [6.07, 6.45) is 1.65. The fourth-order valence-corrected chi connectivity index (χ4v) is 2.71. The van der Waals surface area contributed by atoms with Gasteiger partial charge in [-0.15, -0.1) is 0 Å². The molecule has 1 aromatic heterocycles. The van der Waals surface area contributed by atoms with E-state index >= 15 is 0 Å². The Kier molecular flexibility index (Phi) is 5.65. The van der Waals surface area contributed by atoms with Crippen LogP contribution in [-0.2, 0) is 11.3 Å². The molecule has 2 N–H and O–H groups in total. The van der Waals surface area contributed by atoms with E-state index in [1.807, 2.05) is 79.7 Å². The molecular weight excluding hydrogens is 312 g/mol. The number of hydrogen-bond acceptors (Lipinski definition) is 3. The molecule has 128 valence electrons. The van der Waals surface area contributed by atoms with E-state index in [2.05, 4.69) is 10.6 Å². The van der Waals surface area contributed by atoms with Crippen LogP contribution in [0, 0.1) is 0 Å². The number of carbonyl (C=O) groups is 1. The van der Waals surface area contributed by atoms with E-state index in [9.17, 15) is 4.79 Å². The van der Waals surface area contributed by atoms with Gasteiger partial charge < -0.3 is 9.73 Å². The quantitative estimate of drug-likeness (QED) is 0.693. The summed E-state index contributed by atoms with van der Waals surface area (Å²) >= 11 is 0. The molecule has 0 saturated heterocycles. The summed E-state index contributed by atoms with van der Waals surface area (Å²) in [6, 6.07) is 23.1. The molecule has 0 saturated carbocycles. The smallest absolute Gasteiger partial charge is 0.237 e. The number of amides is 1. The molecule has 0 unspecified atom stereocenters. The van der Waals surface area contributed by atoms with E-state index in [0.29, 0.717) is 6.54 Å². The summed E-state index contributed by atoms with van der Waals surface area (Å²) in [5.74, 6) is 0.741. The van der Waals surface area contributed by atoms with Crippen molar-refractivity contribution in [3.05, 3.63) is 95.9 Å². The average molecular weight is 334 g/mol. The molecule has 0 fully saturated rings. The number of nitrogens with one attached hydrogen (secondary N) is 2. The number of rotatable bonds is 7. The van der Waals surface area contributed by atoms with Crippen molar-refractivity contribution in [2.24, 2.45) is 0 Å². The van der Waals surface area contributed by atoms with E-state index in [0.717, 1.165) is 16.9 Å². The van der Waals surface area contributed by atoms with Gasteiger partial charge in [-0.2, -0.15) is 0 Å². The second kappa shape index (κ2) is 8.31. The standard InChI is InChI=1S/C21H22N2O2/c1-16(21(24)22-15-17-9-4-2-5-10-17)23-20(19-13-8-14-25-19)18-11-6-3-7-12-18/h2-14,16,20,23H,15H2,1H3,(H,22,24)/t16-,20+/m1/s1. The van der Waals surface area contributed by atoms with Gasteiger partial charge in [0.05, 0.1) is 18.3 Å². The monoisotopic (exact) mass is 334 g/mol. The maximum Gasteiger partial charge on any atom is 0.237 e. The van der Waals surface area contributed by atoms with Gasteiger partial charge in [-0.1, -0.05) is 60.7 Å². The van der Waals surface area contributed by atoms with Crippen LogP contribution >= 0.6 is 0 Å². The van der Waals surface area contributed by atoms with E-state index < -0.39 is 0 Å².